The van der Waals surface area contributed by atoms with E-state index in [2.05, 4.69) is 5.32 Å². The van der Waals surface area contributed by atoms with Gasteiger partial charge < -0.3 is 15.0 Å². The third kappa shape index (κ3) is 7.87. The van der Waals surface area contributed by atoms with Crippen molar-refractivity contribution in [3.05, 3.63) is 98.0 Å². The number of carbonyl (C=O) groups is 2. The van der Waals surface area contributed by atoms with E-state index < -0.39 is 45.0 Å². The van der Waals surface area contributed by atoms with Gasteiger partial charge in [-0.15, -0.1) is 0 Å². The summed E-state index contributed by atoms with van der Waals surface area (Å²) in [7, 11) is -1.51. The number of nitro benzene ring substituents is 1. The average molecular weight is 624 g/mol. The van der Waals surface area contributed by atoms with Crippen molar-refractivity contribution in [3.8, 4) is 5.75 Å². The lowest BCUT2D eigenvalue weighted by Crippen LogP contribution is -2.53. The van der Waals surface area contributed by atoms with Crippen molar-refractivity contribution >= 4 is 56.4 Å². The Morgan fingerprint density at radius 3 is 2.22 bits per heavy atom. The highest BCUT2D eigenvalue weighted by atomic mass is 35.5. The van der Waals surface area contributed by atoms with E-state index in [1.807, 2.05) is 0 Å². The van der Waals surface area contributed by atoms with Gasteiger partial charge in [-0.1, -0.05) is 59.6 Å². The number of amides is 2. The summed E-state index contributed by atoms with van der Waals surface area (Å²) in [6, 6.07) is 16.0. The van der Waals surface area contributed by atoms with Crippen LogP contribution in [0.3, 0.4) is 0 Å². The fraction of sp³-hybridized carbons (Fsp3) is 0.259. The van der Waals surface area contributed by atoms with Crippen molar-refractivity contribution in [2.24, 2.45) is 0 Å². The zero-order chi connectivity index (χ0) is 30.3. The molecular weight excluding hydrogens is 595 g/mol. The number of carbonyl (C=O) groups excluding carboxylic acids is 2. The van der Waals surface area contributed by atoms with Gasteiger partial charge in [-0.25, -0.2) is 8.42 Å². The minimum absolute atomic E-state index is 0.0124. The maximum atomic E-state index is 14.1. The second-order valence-electron chi connectivity index (χ2n) is 8.92. The van der Waals surface area contributed by atoms with Gasteiger partial charge in [0.2, 0.25) is 21.8 Å². The zero-order valence-electron chi connectivity index (χ0n) is 22.4. The summed E-state index contributed by atoms with van der Waals surface area (Å²) in [5.74, 6) is -1.31. The van der Waals surface area contributed by atoms with E-state index in [1.165, 1.54) is 25.1 Å². The monoisotopic (exact) mass is 622 g/mol. The fourth-order valence-corrected chi connectivity index (χ4v) is 5.52. The maximum Gasteiger partial charge on any atom is 0.271 e. The first-order valence-electron chi connectivity index (χ1n) is 12.1. The summed E-state index contributed by atoms with van der Waals surface area (Å²) in [6.07, 6.45) is 0.946. The number of sulfonamides is 1. The summed E-state index contributed by atoms with van der Waals surface area (Å²) in [6.45, 7) is -1.04. The highest BCUT2D eigenvalue weighted by molar-refractivity contribution is 7.92. The molecule has 0 aliphatic rings. The Bertz CT molecular complexity index is 1520. The smallest absolute Gasteiger partial charge is 0.271 e. The molecule has 0 aromatic heterocycles. The van der Waals surface area contributed by atoms with Crippen molar-refractivity contribution in [2.45, 2.75) is 19.0 Å². The summed E-state index contributed by atoms with van der Waals surface area (Å²) >= 11 is 12.8. The Balaban J connectivity index is 2.14. The first-order valence-corrected chi connectivity index (χ1v) is 14.8. The summed E-state index contributed by atoms with van der Waals surface area (Å²) in [4.78, 5) is 39.2. The number of hydrogen-bond acceptors (Lipinski definition) is 7. The molecule has 0 bridgehead atoms. The topological polar surface area (TPSA) is 139 Å². The maximum absolute atomic E-state index is 14.1. The van der Waals surface area contributed by atoms with Crippen molar-refractivity contribution in [1.29, 1.82) is 0 Å². The van der Waals surface area contributed by atoms with Crippen LogP contribution in [0.4, 0.5) is 11.4 Å². The first kappa shape index (κ1) is 31.7. The van der Waals surface area contributed by atoms with Crippen LogP contribution in [0.2, 0.25) is 10.0 Å². The molecule has 1 unspecified atom stereocenters. The first-order chi connectivity index (χ1) is 19.4. The van der Waals surface area contributed by atoms with E-state index in [-0.39, 0.29) is 34.4 Å². The highest BCUT2D eigenvalue weighted by Gasteiger charge is 2.34. The van der Waals surface area contributed by atoms with Gasteiger partial charge in [0, 0.05) is 47.8 Å². The highest BCUT2D eigenvalue weighted by Crippen LogP contribution is 2.34. The van der Waals surface area contributed by atoms with Crippen LogP contribution in [0.15, 0.2) is 66.7 Å². The molecule has 3 aromatic rings. The molecule has 41 heavy (non-hydrogen) atoms. The Morgan fingerprint density at radius 2 is 1.68 bits per heavy atom. The summed E-state index contributed by atoms with van der Waals surface area (Å²) in [5.41, 5.74) is 0.469. The molecule has 1 atom stereocenters. The van der Waals surface area contributed by atoms with Gasteiger partial charge in [0.15, 0.2) is 0 Å². The molecule has 0 spiro atoms. The van der Waals surface area contributed by atoms with Crippen LogP contribution in [-0.2, 0) is 32.6 Å². The van der Waals surface area contributed by atoms with Crippen LogP contribution in [0, 0.1) is 10.1 Å². The van der Waals surface area contributed by atoms with E-state index in [0.717, 1.165) is 24.0 Å². The predicted molar refractivity (Wildman–Crippen MR) is 157 cm³/mol. The SMILES string of the molecule is CNC(=O)C(Cc1ccccc1)N(Cc1c(Cl)cccc1Cl)C(=O)CN(c1cc([N+](=O)[O-])ccc1OC)S(C)(=O)=O. The van der Waals surface area contributed by atoms with Gasteiger partial charge in [0.05, 0.1) is 18.3 Å². The molecule has 0 saturated heterocycles. The number of hydrogen-bond donors (Lipinski definition) is 1. The van der Waals surface area contributed by atoms with Crippen LogP contribution in [0.5, 0.6) is 5.75 Å². The molecule has 0 fully saturated rings. The predicted octanol–water partition coefficient (Wildman–Crippen LogP) is 4.06. The molecule has 3 rings (SSSR count). The van der Waals surface area contributed by atoms with E-state index in [4.69, 9.17) is 27.9 Å². The number of nitrogens with zero attached hydrogens (tertiary/aromatic N) is 3. The van der Waals surface area contributed by atoms with Crippen LogP contribution < -0.4 is 14.4 Å². The van der Waals surface area contributed by atoms with Crippen LogP contribution in [0.25, 0.3) is 0 Å². The molecule has 0 heterocycles. The van der Waals surface area contributed by atoms with Crippen molar-refractivity contribution in [3.63, 3.8) is 0 Å². The number of methoxy groups -OCH3 is 1. The van der Waals surface area contributed by atoms with Gasteiger partial charge in [-0.2, -0.15) is 0 Å². The Hall–Kier alpha value is -3.87. The van der Waals surface area contributed by atoms with Gasteiger partial charge in [-0.3, -0.25) is 24.0 Å². The summed E-state index contributed by atoms with van der Waals surface area (Å²) in [5, 5.41) is 14.5. The van der Waals surface area contributed by atoms with Gasteiger partial charge in [0.25, 0.3) is 5.69 Å². The minimum Gasteiger partial charge on any atom is -0.495 e. The normalized spacial score (nSPS) is 11.8. The van der Waals surface area contributed by atoms with Gasteiger partial charge >= 0.3 is 0 Å². The molecule has 3 aromatic carbocycles. The van der Waals surface area contributed by atoms with Crippen LogP contribution in [0.1, 0.15) is 11.1 Å². The van der Waals surface area contributed by atoms with E-state index in [9.17, 15) is 28.1 Å². The molecule has 0 saturated carbocycles. The van der Waals surface area contributed by atoms with Gasteiger partial charge in [0.1, 0.15) is 24.0 Å². The zero-order valence-corrected chi connectivity index (χ0v) is 24.7. The number of anilines is 1. The number of likely N-dealkylation sites (N-methyl/N-ethyl adjacent to an activating group) is 1. The molecule has 218 valence electrons. The minimum atomic E-state index is -4.19. The number of ether oxygens (including phenoxy) is 1. The third-order valence-corrected chi connectivity index (χ3v) is 8.06. The van der Waals surface area contributed by atoms with E-state index in [0.29, 0.717) is 9.87 Å². The Labute approximate surface area is 247 Å². The lowest BCUT2D eigenvalue weighted by molar-refractivity contribution is -0.384. The van der Waals surface area contributed by atoms with Crippen LogP contribution in [-0.4, -0.2) is 63.1 Å². The van der Waals surface area contributed by atoms with E-state index in [1.54, 1.807) is 48.5 Å². The number of non-ortho nitro benzene ring substituents is 1. The largest absolute Gasteiger partial charge is 0.495 e. The fourth-order valence-electron chi connectivity index (χ4n) is 4.16. The van der Waals surface area contributed by atoms with Crippen molar-refractivity contribution in [1.82, 2.24) is 10.2 Å². The third-order valence-electron chi connectivity index (χ3n) is 6.23. The molecule has 0 radical (unpaired) electrons. The number of benzene rings is 3. The standard InChI is InChI=1S/C27H28Cl2N4O7S/c1-30-27(35)24(14-18-8-5-4-6-9-18)31(16-20-21(28)10-7-11-22(20)29)26(34)17-32(41(3,38)39)23-15-19(33(36)37)12-13-25(23)40-2/h4-13,15,24H,14,16-17H2,1-3H3,(H,30,35). The Kier molecular flexibility index (Phi) is 10.5. The molecule has 2 amide bonds. The molecule has 1 N–H and O–H groups in total. The quantitative estimate of drug-likeness (QED) is 0.237. The van der Waals surface area contributed by atoms with Gasteiger partial charge in [-0.05, 0) is 23.8 Å². The lowest BCUT2D eigenvalue weighted by atomic mass is 10.0. The number of halogens is 2. The van der Waals surface area contributed by atoms with Crippen molar-refractivity contribution in [2.75, 3.05) is 31.3 Å². The van der Waals surface area contributed by atoms with Crippen molar-refractivity contribution < 1.29 is 27.7 Å². The average Bonchev–Trinajstić information content (AvgIpc) is 2.93. The van der Waals surface area contributed by atoms with E-state index >= 15 is 0 Å². The number of nitrogens with one attached hydrogen (secondary N) is 1. The second kappa shape index (κ2) is 13.7. The summed E-state index contributed by atoms with van der Waals surface area (Å²) < 4.78 is 31.9. The molecule has 11 nitrogen and oxygen atoms in total. The molecule has 0 aliphatic carbocycles. The number of rotatable bonds is 12. The Morgan fingerprint density at radius 1 is 1.05 bits per heavy atom. The van der Waals surface area contributed by atoms with Crippen LogP contribution >= 0.6 is 23.2 Å². The lowest BCUT2D eigenvalue weighted by Gasteiger charge is -2.33. The molecule has 0 aliphatic heterocycles. The molecule has 14 heteroatoms. The molecular formula is C27H28Cl2N4O7S. The second-order valence-corrected chi connectivity index (χ2v) is 11.6. The number of nitro groups is 1.